The van der Waals surface area contributed by atoms with Crippen LogP contribution >= 0.6 is 46.3 Å². The number of nitrogens with one attached hydrogen (secondary N) is 1. The first kappa shape index (κ1) is 16.2. The molecule has 20 heavy (non-hydrogen) atoms. The molecule has 5 heteroatoms. The summed E-state index contributed by atoms with van der Waals surface area (Å²) in [6, 6.07) is 12.3. The second-order valence-corrected chi connectivity index (χ2v) is 7.61. The Bertz CT molecular complexity index is 542. The predicted octanol–water partition coefficient (Wildman–Crippen LogP) is 5.89. The first-order chi connectivity index (χ1) is 9.70. The molecule has 0 aliphatic heterocycles. The fraction of sp³-hybridized carbons (Fsp3) is 0.333. The second-order valence-electron chi connectivity index (χ2n) is 4.39. The van der Waals surface area contributed by atoms with Crippen molar-refractivity contribution in [3.8, 4) is 0 Å². The molecule has 0 radical (unpaired) electrons. The number of halogens is 2. The monoisotopic (exact) mass is 345 g/mol. The topological polar surface area (TPSA) is 12.0 Å². The molecular formula is C15H17Cl2NS2. The molecular weight excluding hydrogens is 329 g/mol. The van der Waals surface area contributed by atoms with E-state index in [2.05, 4.69) is 24.4 Å². The number of rotatable bonds is 7. The van der Waals surface area contributed by atoms with Crippen LogP contribution in [0.2, 0.25) is 9.36 Å². The van der Waals surface area contributed by atoms with Crippen LogP contribution in [0.4, 0.5) is 0 Å². The molecule has 1 nitrogen and oxygen atoms in total. The molecule has 1 N–H and O–H groups in total. The number of hydrogen-bond acceptors (Lipinski definition) is 3. The van der Waals surface area contributed by atoms with Crippen molar-refractivity contribution in [3.05, 3.63) is 50.6 Å². The highest BCUT2D eigenvalue weighted by Crippen LogP contribution is 2.33. The van der Waals surface area contributed by atoms with Gasteiger partial charge in [0.1, 0.15) is 0 Å². The molecule has 1 aromatic carbocycles. The third-order valence-electron chi connectivity index (χ3n) is 2.82. The molecule has 0 amide bonds. The van der Waals surface area contributed by atoms with Crippen LogP contribution in [0.25, 0.3) is 0 Å². The van der Waals surface area contributed by atoms with Crippen molar-refractivity contribution in [2.75, 3.05) is 12.3 Å². The zero-order valence-corrected chi connectivity index (χ0v) is 14.4. The molecule has 0 fully saturated rings. The smallest absolute Gasteiger partial charge is 0.0931 e. The quantitative estimate of drug-likeness (QED) is 0.628. The van der Waals surface area contributed by atoms with E-state index in [0.717, 1.165) is 33.0 Å². The summed E-state index contributed by atoms with van der Waals surface area (Å²) in [4.78, 5) is 2.41. The minimum absolute atomic E-state index is 0.314. The lowest BCUT2D eigenvalue weighted by Crippen LogP contribution is -2.23. The lowest BCUT2D eigenvalue weighted by Gasteiger charge is -2.17. The maximum atomic E-state index is 6.20. The molecule has 0 aliphatic carbocycles. The first-order valence-corrected chi connectivity index (χ1v) is 9.12. The highest BCUT2D eigenvalue weighted by atomic mass is 35.5. The van der Waals surface area contributed by atoms with Gasteiger partial charge in [-0.15, -0.1) is 23.1 Å². The van der Waals surface area contributed by atoms with E-state index in [9.17, 15) is 0 Å². The van der Waals surface area contributed by atoms with Gasteiger partial charge in [-0.05, 0) is 37.2 Å². The van der Waals surface area contributed by atoms with Crippen molar-refractivity contribution in [2.45, 2.75) is 24.3 Å². The summed E-state index contributed by atoms with van der Waals surface area (Å²) in [6.07, 6.45) is 1.12. The normalized spacial score (nSPS) is 12.6. The predicted molar refractivity (Wildman–Crippen MR) is 92.5 cm³/mol. The Kier molecular flexibility index (Phi) is 6.72. The van der Waals surface area contributed by atoms with Crippen LogP contribution in [0.1, 0.15) is 24.3 Å². The molecule has 1 aromatic heterocycles. The van der Waals surface area contributed by atoms with Gasteiger partial charge < -0.3 is 5.32 Å². The summed E-state index contributed by atoms with van der Waals surface area (Å²) in [5, 5.41) is 4.39. The van der Waals surface area contributed by atoms with Crippen molar-refractivity contribution in [1.29, 1.82) is 0 Å². The highest BCUT2D eigenvalue weighted by molar-refractivity contribution is 7.99. The largest absolute Gasteiger partial charge is 0.309 e. The Morgan fingerprint density at radius 1 is 1.20 bits per heavy atom. The maximum absolute atomic E-state index is 6.20. The van der Waals surface area contributed by atoms with Crippen LogP contribution in [-0.2, 0) is 0 Å². The third-order valence-corrected chi connectivity index (χ3v) is 5.77. The van der Waals surface area contributed by atoms with Crippen molar-refractivity contribution >= 4 is 46.3 Å². The average Bonchev–Trinajstić information content (AvgIpc) is 2.87. The van der Waals surface area contributed by atoms with Gasteiger partial charge in [0.15, 0.2) is 0 Å². The van der Waals surface area contributed by atoms with Crippen molar-refractivity contribution < 1.29 is 0 Å². The molecule has 1 unspecified atom stereocenters. The number of benzene rings is 1. The second kappa shape index (κ2) is 8.30. The first-order valence-electron chi connectivity index (χ1n) is 6.56. The maximum Gasteiger partial charge on any atom is 0.0931 e. The van der Waals surface area contributed by atoms with Crippen molar-refractivity contribution in [3.63, 3.8) is 0 Å². The Morgan fingerprint density at radius 3 is 2.65 bits per heavy atom. The van der Waals surface area contributed by atoms with Gasteiger partial charge >= 0.3 is 0 Å². The fourth-order valence-corrected chi connectivity index (χ4v) is 4.38. The number of hydrogen-bond donors (Lipinski definition) is 1. The third kappa shape index (κ3) is 4.68. The van der Waals surface area contributed by atoms with Crippen LogP contribution < -0.4 is 5.32 Å². The average molecular weight is 346 g/mol. The molecule has 2 aromatic rings. The Balaban J connectivity index is 2.03. The van der Waals surface area contributed by atoms with Gasteiger partial charge in [-0.2, -0.15) is 0 Å². The molecule has 2 rings (SSSR count). The highest BCUT2D eigenvalue weighted by Gasteiger charge is 2.14. The summed E-state index contributed by atoms with van der Waals surface area (Å²) in [6.45, 7) is 3.18. The van der Waals surface area contributed by atoms with Gasteiger partial charge in [0.2, 0.25) is 0 Å². The molecule has 0 saturated carbocycles. The van der Waals surface area contributed by atoms with Crippen LogP contribution in [0.15, 0.2) is 41.3 Å². The Hall–Kier alpha value is -0.190. The van der Waals surface area contributed by atoms with Gasteiger partial charge in [-0.3, -0.25) is 0 Å². The number of thiophene rings is 1. The molecule has 0 aliphatic rings. The summed E-state index contributed by atoms with van der Waals surface area (Å²) < 4.78 is 0.839. The molecule has 108 valence electrons. The summed E-state index contributed by atoms with van der Waals surface area (Å²) in [5.74, 6) is 0.945. The summed E-state index contributed by atoms with van der Waals surface area (Å²) >= 11 is 15.7. The van der Waals surface area contributed by atoms with Crippen LogP contribution in [0, 0.1) is 0 Å². The van der Waals surface area contributed by atoms with Crippen LogP contribution in [-0.4, -0.2) is 12.3 Å². The minimum atomic E-state index is 0.314. The summed E-state index contributed by atoms with van der Waals surface area (Å²) in [5.41, 5.74) is 0. The number of thioether (sulfide) groups is 1. The van der Waals surface area contributed by atoms with Crippen LogP contribution in [0.5, 0.6) is 0 Å². The molecule has 1 atom stereocenters. The molecule has 0 spiro atoms. The van der Waals surface area contributed by atoms with E-state index >= 15 is 0 Å². The molecule has 0 saturated heterocycles. The molecule has 0 bridgehead atoms. The van der Waals surface area contributed by atoms with E-state index in [1.165, 1.54) is 4.88 Å². The van der Waals surface area contributed by atoms with Crippen LogP contribution in [0.3, 0.4) is 0 Å². The van der Waals surface area contributed by atoms with Gasteiger partial charge in [0, 0.05) is 15.5 Å². The van der Waals surface area contributed by atoms with E-state index in [1.54, 1.807) is 23.1 Å². The zero-order valence-electron chi connectivity index (χ0n) is 11.2. The van der Waals surface area contributed by atoms with E-state index < -0.39 is 0 Å². The lowest BCUT2D eigenvalue weighted by atomic mass is 10.2. The van der Waals surface area contributed by atoms with E-state index in [-0.39, 0.29) is 0 Å². The van der Waals surface area contributed by atoms with E-state index in [0.29, 0.717) is 6.04 Å². The zero-order chi connectivity index (χ0) is 14.4. The van der Waals surface area contributed by atoms with Gasteiger partial charge in [-0.25, -0.2) is 0 Å². The summed E-state index contributed by atoms with van der Waals surface area (Å²) in [7, 11) is 0. The van der Waals surface area contributed by atoms with Gasteiger partial charge in [-0.1, -0.05) is 42.3 Å². The van der Waals surface area contributed by atoms with Gasteiger partial charge in [0.05, 0.1) is 15.4 Å². The van der Waals surface area contributed by atoms with E-state index in [4.69, 9.17) is 23.2 Å². The Labute approximate surface area is 138 Å². The fourth-order valence-electron chi connectivity index (χ4n) is 1.81. The minimum Gasteiger partial charge on any atom is -0.309 e. The van der Waals surface area contributed by atoms with Crippen molar-refractivity contribution in [2.24, 2.45) is 0 Å². The van der Waals surface area contributed by atoms with Crippen molar-refractivity contribution in [1.82, 2.24) is 5.32 Å². The standard InChI is InChI=1S/C15H17Cl2NS2/c1-2-9-18-12(14-7-8-15(17)20-14)10-19-13-6-4-3-5-11(13)16/h3-8,12,18H,2,9-10H2,1H3. The Morgan fingerprint density at radius 2 is 2.00 bits per heavy atom. The molecule has 1 heterocycles. The SMILES string of the molecule is CCCNC(CSc1ccccc1Cl)c1ccc(Cl)s1. The van der Waals surface area contributed by atoms with Gasteiger partial charge in [0.25, 0.3) is 0 Å². The van der Waals surface area contributed by atoms with E-state index in [1.807, 2.05) is 24.3 Å². The lowest BCUT2D eigenvalue weighted by molar-refractivity contribution is 0.585.